The van der Waals surface area contributed by atoms with Crippen LogP contribution in [0.5, 0.6) is 0 Å². The third-order valence-electron chi connectivity index (χ3n) is 2.95. The van der Waals surface area contributed by atoms with E-state index in [-0.39, 0.29) is 12.5 Å². The molecule has 1 amide bonds. The summed E-state index contributed by atoms with van der Waals surface area (Å²) in [5.41, 5.74) is 0.586. The van der Waals surface area contributed by atoms with Crippen molar-refractivity contribution in [2.45, 2.75) is 19.1 Å². The third kappa shape index (κ3) is 3.34. The van der Waals surface area contributed by atoms with Crippen molar-refractivity contribution in [1.82, 2.24) is 20.1 Å². The van der Waals surface area contributed by atoms with Crippen LogP contribution in [0.25, 0.3) is 0 Å². The molecule has 0 spiro atoms. The van der Waals surface area contributed by atoms with Gasteiger partial charge in [0.15, 0.2) is 0 Å². The minimum Gasteiger partial charge on any atom is -0.387 e. The summed E-state index contributed by atoms with van der Waals surface area (Å²) < 4.78 is 1.44. The highest BCUT2D eigenvalue weighted by atomic mass is 35.5. The van der Waals surface area contributed by atoms with E-state index in [0.29, 0.717) is 10.6 Å². The van der Waals surface area contributed by atoms with Gasteiger partial charge in [-0.15, -0.1) is 0 Å². The molecule has 2 atom stereocenters. The molecule has 106 valence electrons. The molecular formula is C13H15ClN4O2. The largest absolute Gasteiger partial charge is 0.387 e. The first-order chi connectivity index (χ1) is 9.59. The summed E-state index contributed by atoms with van der Waals surface area (Å²) in [5, 5.41) is 17.1. The molecule has 0 aliphatic rings. The minimum absolute atomic E-state index is 0.0849. The van der Waals surface area contributed by atoms with Gasteiger partial charge in [0.1, 0.15) is 18.7 Å². The quantitative estimate of drug-likeness (QED) is 0.872. The molecule has 2 unspecified atom stereocenters. The van der Waals surface area contributed by atoms with Crippen LogP contribution in [-0.4, -0.2) is 32.3 Å². The van der Waals surface area contributed by atoms with Crippen molar-refractivity contribution < 1.29 is 9.90 Å². The van der Waals surface area contributed by atoms with Gasteiger partial charge in [-0.05, 0) is 13.0 Å². The Morgan fingerprint density at radius 3 is 2.90 bits per heavy atom. The number of benzene rings is 1. The average molecular weight is 295 g/mol. The molecule has 1 aromatic carbocycles. The molecule has 0 saturated heterocycles. The van der Waals surface area contributed by atoms with Gasteiger partial charge >= 0.3 is 0 Å². The van der Waals surface area contributed by atoms with E-state index in [1.807, 2.05) is 0 Å². The summed E-state index contributed by atoms with van der Waals surface area (Å²) in [4.78, 5) is 15.7. The number of nitrogens with zero attached hydrogens (tertiary/aromatic N) is 3. The highest BCUT2D eigenvalue weighted by molar-refractivity contribution is 6.31. The fraction of sp³-hybridized carbons (Fsp3) is 0.308. The molecular weight excluding hydrogens is 280 g/mol. The maximum Gasteiger partial charge on any atom is 0.244 e. The maximum absolute atomic E-state index is 11.9. The minimum atomic E-state index is -0.851. The van der Waals surface area contributed by atoms with Gasteiger partial charge in [0.25, 0.3) is 0 Å². The van der Waals surface area contributed by atoms with Crippen molar-refractivity contribution in [2.24, 2.45) is 0 Å². The molecule has 0 saturated carbocycles. The van der Waals surface area contributed by atoms with Gasteiger partial charge in [-0.25, -0.2) is 9.67 Å². The van der Waals surface area contributed by atoms with E-state index in [9.17, 15) is 9.90 Å². The van der Waals surface area contributed by atoms with Crippen LogP contribution in [-0.2, 0) is 4.79 Å². The molecule has 7 heteroatoms. The molecule has 0 aliphatic heterocycles. The maximum atomic E-state index is 11.9. The number of carbonyl (C=O) groups is 1. The lowest BCUT2D eigenvalue weighted by molar-refractivity contribution is -0.124. The van der Waals surface area contributed by atoms with Crippen LogP contribution in [0.1, 0.15) is 24.6 Å². The summed E-state index contributed by atoms with van der Waals surface area (Å²) >= 11 is 5.98. The number of aliphatic hydroxyl groups is 1. The van der Waals surface area contributed by atoms with E-state index >= 15 is 0 Å². The summed E-state index contributed by atoms with van der Waals surface area (Å²) in [6.07, 6.45) is 1.98. The molecule has 20 heavy (non-hydrogen) atoms. The second kappa shape index (κ2) is 6.49. The highest BCUT2D eigenvalue weighted by Gasteiger charge is 2.17. The Morgan fingerprint density at radius 1 is 1.50 bits per heavy atom. The van der Waals surface area contributed by atoms with Crippen molar-refractivity contribution in [3.63, 3.8) is 0 Å². The van der Waals surface area contributed by atoms with Gasteiger partial charge in [0, 0.05) is 17.1 Å². The number of aromatic nitrogens is 3. The monoisotopic (exact) mass is 294 g/mol. The topological polar surface area (TPSA) is 80.0 Å². The van der Waals surface area contributed by atoms with Crippen LogP contribution in [0.4, 0.5) is 0 Å². The third-order valence-corrected chi connectivity index (χ3v) is 3.29. The molecule has 0 aliphatic carbocycles. The highest BCUT2D eigenvalue weighted by Crippen LogP contribution is 2.21. The predicted molar refractivity (Wildman–Crippen MR) is 74.2 cm³/mol. The standard InChI is InChI=1S/C13H15ClN4O2/c1-9(18-8-15-7-17-18)13(20)16-6-12(19)10-4-2-3-5-11(10)14/h2-5,7-9,12,19H,6H2,1H3,(H,16,20). The molecule has 1 heterocycles. The Bertz CT molecular complexity index is 574. The van der Waals surface area contributed by atoms with Crippen molar-refractivity contribution in [3.05, 3.63) is 47.5 Å². The smallest absolute Gasteiger partial charge is 0.244 e. The predicted octanol–water partition coefficient (Wildman–Crippen LogP) is 1.34. The Labute approximate surface area is 121 Å². The van der Waals surface area contributed by atoms with Gasteiger partial charge in [0.2, 0.25) is 5.91 Å². The molecule has 2 N–H and O–H groups in total. The number of carbonyl (C=O) groups excluding carboxylic acids is 1. The summed E-state index contributed by atoms with van der Waals surface area (Å²) in [5.74, 6) is -0.249. The number of halogens is 1. The average Bonchev–Trinajstić information content (AvgIpc) is 2.98. The number of nitrogens with one attached hydrogen (secondary N) is 1. The first kappa shape index (κ1) is 14.5. The number of aliphatic hydroxyl groups excluding tert-OH is 1. The van der Waals surface area contributed by atoms with Crippen LogP contribution >= 0.6 is 11.6 Å². The number of hydrogen-bond donors (Lipinski definition) is 2. The Balaban J connectivity index is 1.92. The summed E-state index contributed by atoms with van der Waals surface area (Å²) in [6, 6.07) is 6.49. The molecule has 0 bridgehead atoms. The van der Waals surface area contributed by atoms with E-state index in [1.54, 1.807) is 31.2 Å². The van der Waals surface area contributed by atoms with Crippen molar-refractivity contribution in [2.75, 3.05) is 6.54 Å². The van der Waals surface area contributed by atoms with Crippen molar-refractivity contribution in [1.29, 1.82) is 0 Å². The van der Waals surface area contributed by atoms with Gasteiger partial charge in [-0.2, -0.15) is 5.10 Å². The normalized spacial score (nSPS) is 13.8. The van der Waals surface area contributed by atoms with Gasteiger partial charge in [0.05, 0.1) is 6.10 Å². The van der Waals surface area contributed by atoms with E-state index in [0.717, 1.165) is 0 Å². The molecule has 6 nitrogen and oxygen atoms in total. The first-order valence-electron chi connectivity index (χ1n) is 6.14. The van der Waals surface area contributed by atoms with Gasteiger partial charge < -0.3 is 10.4 Å². The van der Waals surface area contributed by atoms with Crippen LogP contribution < -0.4 is 5.32 Å². The molecule has 0 radical (unpaired) electrons. The molecule has 0 fully saturated rings. The van der Waals surface area contributed by atoms with Crippen LogP contribution in [0, 0.1) is 0 Å². The van der Waals surface area contributed by atoms with Crippen molar-refractivity contribution >= 4 is 17.5 Å². The number of hydrogen-bond acceptors (Lipinski definition) is 4. The zero-order valence-electron chi connectivity index (χ0n) is 10.9. The fourth-order valence-corrected chi connectivity index (χ4v) is 2.00. The second-order valence-corrected chi connectivity index (χ2v) is 4.74. The second-order valence-electron chi connectivity index (χ2n) is 4.33. The van der Waals surface area contributed by atoms with E-state index < -0.39 is 12.1 Å². The van der Waals surface area contributed by atoms with Gasteiger partial charge in [-0.1, -0.05) is 29.8 Å². The Kier molecular flexibility index (Phi) is 4.70. The number of amides is 1. The van der Waals surface area contributed by atoms with E-state index in [1.165, 1.54) is 17.3 Å². The van der Waals surface area contributed by atoms with Gasteiger partial charge in [-0.3, -0.25) is 4.79 Å². The fourth-order valence-electron chi connectivity index (χ4n) is 1.74. The lowest BCUT2D eigenvalue weighted by Crippen LogP contribution is -2.34. The molecule has 1 aromatic heterocycles. The van der Waals surface area contributed by atoms with Crippen molar-refractivity contribution in [3.8, 4) is 0 Å². The van der Waals surface area contributed by atoms with Crippen LogP contribution in [0.3, 0.4) is 0 Å². The van der Waals surface area contributed by atoms with E-state index in [2.05, 4.69) is 15.4 Å². The first-order valence-corrected chi connectivity index (χ1v) is 6.51. The Morgan fingerprint density at radius 2 is 2.25 bits per heavy atom. The molecule has 2 aromatic rings. The zero-order chi connectivity index (χ0) is 14.5. The summed E-state index contributed by atoms with van der Waals surface area (Å²) in [6.45, 7) is 1.79. The lowest BCUT2D eigenvalue weighted by Gasteiger charge is -2.16. The SMILES string of the molecule is CC(C(=O)NCC(O)c1ccccc1Cl)n1cncn1. The summed E-state index contributed by atoms with van der Waals surface area (Å²) in [7, 11) is 0. The molecule has 2 rings (SSSR count). The van der Waals surface area contributed by atoms with E-state index in [4.69, 9.17) is 11.6 Å². The van der Waals surface area contributed by atoms with Crippen LogP contribution in [0.2, 0.25) is 5.02 Å². The Hall–Kier alpha value is -1.92. The zero-order valence-corrected chi connectivity index (χ0v) is 11.7. The van der Waals surface area contributed by atoms with Crippen LogP contribution in [0.15, 0.2) is 36.9 Å². The number of rotatable bonds is 5. The lowest BCUT2D eigenvalue weighted by atomic mass is 10.1.